The Morgan fingerprint density at radius 3 is 1.92 bits per heavy atom. The lowest BCUT2D eigenvalue weighted by molar-refractivity contribution is -0.136. The van der Waals surface area contributed by atoms with Crippen molar-refractivity contribution in [2.75, 3.05) is 5.32 Å². The van der Waals surface area contributed by atoms with Gasteiger partial charge in [-0.25, -0.2) is 15.0 Å². The van der Waals surface area contributed by atoms with Crippen LogP contribution in [0.5, 0.6) is 11.5 Å². The SMILES string of the molecule is Cc1ccccc1NC(=O)C(=O)N/N=C/c1ccc(OC(=O)c2ccccc2)cc1OC(=O)c1ccccc1. The minimum atomic E-state index is -0.995. The third-order valence-electron chi connectivity index (χ3n) is 5.39. The lowest BCUT2D eigenvalue weighted by Gasteiger charge is -2.11. The van der Waals surface area contributed by atoms with Crippen molar-refractivity contribution in [2.45, 2.75) is 6.92 Å². The average Bonchev–Trinajstić information content (AvgIpc) is 2.96. The molecule has 0 bridgehead atoms. The third-order valence-corrected chi connectivity index (χ3v) is 5.39. The predicted octanol–water partition coefficient (Wildman–Crippen LogP) is 4.52. The van der Waals surface area contributed by atoms with Crippen molar-refractivity contribution >= 4 is 35.7 Å². The van der Waals surface area contributed by atoms with Crippen LogP contribution in [0.4, 0.5) is 5.69 Å². The second-order valence-electron chi connectivity index (χ2n) is 8.18. The molecule has 0 fully saturated rings. The fraction of sp³-hybridized carbons (Fsp3) is 0.0333. The molecule has 0 saturated heterocycles. The van der Waals surface area contributed by atoms with Crippen molar-refractivity contribution < 1.29 is 28.7 Å². The number of aryl methyl sites for hydroxylation is 1. The summed E-state index contributed by atoms with van der Waals surface area (Å²) >= 11 is 0. The van der Waals surface area contributed by atoms with E-state index in [-0.39, 0.29) is 17.1 Å². The Kier molecular flexibility index (Phi) is 8.56. The molecule has 0 heterocycles. The van der Waals surface area contributed by atoms with Crippen LogP contribution in [0.15, 0.2) is 108 Å². The Morgan fingerprint density at radius 1 is 0.692 bits per heavy atom. The minimum Gasteiger partial charge on any atom is -0.423 e. The van der Waals surface area contributed by atoms with E-state index in [0.717, 1.165) is 5.56 Å². The fourth-order valence-corrected chi connectivity index (χ4v) is 3.35. The van der Waals surface area contributed by atoms with Crippen LogP contribution in [0.3, 0.4) is 0 Å². The monoisotopic (exact) mass is 521 g/mol. The molecule has 0 aromatic heterocycles. The number of para-hydroxylation sites is 1. The second kappa shape index (κ2) is 12.6. The smallest absolute Gasteiger partial charge is 0.343 e. The largest absolute Gasteiger partial charge is 0.423 e. The molecule has 9 nitrogen and oxygen atoms in total. The standard InChI is InChI=1S/C30H23N3O6/c1-20-10-8-9-15-25(20)32-27(34)28(35)33-31-19-23-16-17-24(38-29(36)21-11-4-2-5-12-21)18-26(23)39-30(37)22-13-6-3-7-14-22/h2-19H,1H3,(H,32,34)(H,33,35)/b31-19+. The summed E-state index contributed by atoms with van der Waals surface area (Å²) in [6.45, 7) is 1.80. The third kappa shape index (κ3) is 7.23. The lowest BCUT2D eigenvalue weighted by Crippen LogP contribution is -2.32. The number of rotatable bonds is 7. The first kappa shape index (κ1) is 26.5. The lowest BCUT2D eigenvalue weighted by atomic mass is 10.2. The quantitative estimate of drug-likeness (QED) is 0.121. The summed E-state index contributed by atoms with van der Waals surface area (Å²) in [6, 6.07) is 28.1. The molecule has 39 heavy (non-hydrogen) atoms. The Balaban J connectivity index is 1.50. The van der Waals surface area contributed by atoms with Crippen LogP contribution in [0.25, 0.3) is 0 Å². The van der Waals surface area contributed by atoms with E-state index in [0.29, 0.717) is 16.8 Å². The molecule has 2 N–H and O–H groups in total. The highest BCUT2D eigenvalue weighted by Gasteiger charge is 2.16. The molecule has 0 unspecified atom stereocenters. The molecule has 0 aliphatic carbocycles. The Labute approximate surface area is 224 Å². The summed E-state index contributed by atoms with van der Waals surface area (Å²) in [4.78, 5) is 49.6. The molecule has 2 amide bonds. The number of carbonyl (C=O) groups excluding carboxylic acids is 4. The van der Waals surface area contributed by atoms with Crippen LogP contribution in [0, 0.1) is 6.92 Å². The van der Waals surface area contributed by atoms with Crippen LogP contribution < -0.4 is 20.2 Å². The van der Waals surface area contributed by atoms with E-state index in [1.807, 2.05) is 6.07 Å². The maximum Gasteiger partial charge on any atom is 0.343 e. The number of esters is 2. The fourth-order valence-electron chi connectivity index (χ4n) is 3.35. The number of hydrogen-bond donors (Lipinski definition) is 2. The number of hydrogen-bond acceptors (Lipinski definition) is 7. The molecule has 194 valence electrons. The van der Waals surface area contributed by atoms with E-state index < -0.39 is 23.8 Å². The van der Waals surface area contributed by atoms with Crippen molar-refractivity contribution in [2.24, 2.45) is 5.10 Å². The van der Waals surface area contributed by atoms with E-state index in [2.05, 4.69) is 15.8 Å². The Bertz CT molecular complexity index is 1540. The molecular formula is C30H23N3O6. The summed E-state index contributed by atoms with van der Waals surface area (Å²) in [5.41, 5.74) is 4.35. The van der Waals surface area contributed by atoms with Crippen molar-refractivity contribution in [1.82, 2.24) is 5.43 Å². The molecule has 0 atom stereocenters. The van der Waals surface area contributed by atoms with Gasteiger partial charge in [0.2, 0.25) is 0 Å². The minimum absolute atomic E-state index is 0.0181. The average molecular weight is 522 g/mol. The zero-order valence-corrected chi connectivity index (χ0v) is 20.8. The normalized spacial score (nSPS) is 10.5. The first-order valence-corrected chi connectivity index (χ1v) is 11.8. The van der Waals surface area contributed by atoms with Gasteiger partial charge in [0, 0.05) is 17.3 Å². The molecule has 4 aromatic carbocycles. The number of ether oxygens (including phenoxy) is 2. The van der Waals surface area contributed by atoms with Crippen molar-refractivity contribution in [3.05, 3.63) is 125 Å². The van der Waals surface area contributed by atoms with Gasteiger partial charge in [-0.1, -0.05) is 54.6 Å². The Morgan fingerprint density at radius 2 is 1.28 bits per heavy atom. The summed E-state index contributed by atoms with van der Waals surface area (Å²) in [5.74, 6) is -3.00. The first-order valence-electron chi connectivity index (χ1n) is 11.8. The molecule has 4 rings (SSSR count). The number of nitrogens with zero attached hydrogens (tertiary/aromatic N) is 1. The summed E-state index contributed by atoms with van der Waals surface area (Å²) < 4.78 is 11.0. The van der Waals surface area contributed by atoms with Crippen LogP contribution in [0.1, 0.15) is 31.8 Å². The zero-order valence-electron chi connectivity index (χ0n) is 20.8. The molecule has 9 heteroatoms. The van der Waals surface area contributed by atoms with Gasteiger partial charge in [-0.2, -0.15) is 5.10 Å². The molecule has 0 spiro atoms. The second-order valence-corrected chi connectivity index (χ2v) is 8.18. The van der Waals surface area contributed by atoms with Gasteiger partial charge in [-0.05, 0) is 55.0 Å². The van der Waals surface area contributed by atoms with Crippen molar-refractivity contribution in [1.29, 1.82) is 0 Å². The van der Waals surface area contributed by atoms with Crippen LogP contribution in [-0.2, 0) is 9.59 Å². The van der Waals surface area contributed by atoms with E-state index in [4.69, 9.17) is 9.47 Å². The zero-order chi connectivity index (χ0) is 27.6. The van der Waals surface area contributed by atoms with Gasteiger partial charge >= 0.3 is 23.8 Å². The highest BCUT2D eigenvalue weighted by atomic mass is 16.5. The van der Waals surface area contributed by atoms with Crippen molar-refractivity contribution in [3.63, 3.8) is 0 Å². The summed E-state index contributed by atoms with van der Waals surface area (Å²) in [5, 5.41) is 6.33. The highest BCUT2D eigenvalue weighted by molar-refractivity contribution is 6.39. The number of benzene rings is 4. The van der Waals surface area contributed by atoms with E-state index in [1.165, 1.54) is 24.4 Å². The van der Waals surface area contributed by atoms with Gasteiger partial charge in [0.05, 0.1) is 17.3 Å². The van der Waals surface area contributed by atoms with Gasteiger partial charge < -0.3 is 14.8 Å². The molecule has 0 aliphatic heterocycles. The van der Waals surface area contributed by atoms with Gasteiger partial charge in [-0.3, -0.25) is 9.59 Å². The number of nitrogens with one attached hydrogen (secondary N) is 2. The maximum absolute atomic E-state index is 12.7. The molecule has 0 saturated carbocycles. The molecule has 0 radical (unpaired) electrons. The van der Waals surface area contributed by atoms with E-state index >= 15 is 0 Å². The maximum atomic E-state index is 12.7. The van der Waals surface area contributed by atoms with Crippen LogP contribution >= 0.6 is 0 Å². The highest BCUT2D eigenvalue weighted by Crippen LogP contribution is 2.26. The van der Waals surface area contributed by atoms with Gasteiger partial charge in [0.1, 0.15) is 11.5 Å². The molecule has 4 aromatic rings. The topological polar surface area (TPSA) is 123 Å². The van der Waals surface area contributed by atoms with Gasteiger partial charge in [0.15, 0.2) is 0 Å². The van der Waals surface area contributed by atoms with Crippen molar-refractivity contribution in [3.8, 4) is 11.5 Å². The number of anilines is 1. The number of carbonyl (C=O) groups is 4. The number of amides is 2. The first-order chi connectivity index (χ1) is 18.9. The van der Waals surface area contributed by atoms with E-state index in [1.54, 1.807) is 85.8 Å². The van der Waals surface area contributed by atoms with Gasteiger partial charge in [0.25, 0.3) is 0 Å². The van der Waals surface area contributed by atoms with Crippen LogP contribution in [0.2, 0.25) is 0 Å². The predicted molar refractivity (Wildman–Crippen MR) is 145 cm³/mol. The summed E-state index contributed by atoms with van der Waals surface area (Å²) in [7, 11) is 0. The van der Waals surface area contributed by atoms with Crippen LogP contribution in [-0.4, -0.2) is 30.0 Å². The Hall–Kier alpha value is -5.57. The molecule has 0 aliphatic rings. The summed E-state index contributed by atoms with van der Waals surface area (Å²) in [6.07, 6.45) is 1.20. The van der Waals surface area contributed by atoms with Gasteiger partial charge in [-0.15, -0.1) is 0 Å². The van der Waals surface area contributed by atoms with E-state index in [9.17, 15) is 19.2 Å². The molecular weight excluding hydrogens is 498 g/mol. The number of hydrazone groups is 1.